The number of benzene rings is 1. The maximum absolute atomic E-state index is 12.7. The van der Waals surface area contributed by atoms with Crippen LogP contribution in [0.2, 0.25) is 0 Å². The molecule has 15 heavy (non-hydrogen) atoms. The Kier molecular flexibility index (Phi) is 4.39. The standard InChI is InChI=1S/C12H11FO2/c1-15-12-6-3-10(4-7-12)2-5-11(13)8-9-14/h3-4,6-8,14H,9H2,1H3/b11-8-. The summed E-state index contributed by atoms with van der Waals surface area (Å²) in [7, 11) is 1.57. The third-order valence-electron chi connectivity index (χ3n) is 1.69. The van der Waals surface area contributed by atoms with Gasteiger partial charge in [-0.05, 0) is 36.3 Å². The first kappa shape index (κ1) is 11.3. The monoisotopic (exact) mass is 206 g/mol. The molecule has 0 radical (unpaired) electrons. The van der Waals surface area contributed by atoms with Gasteiger partial charge in [0.1, 0.15) is 5.75 Å². The highest BCUT2D eigenvalue weighted by Crippen LogP contribution is 2.10. The second-order valence-corrected chi connectivity index (χ2v) is 2.71. The lowest BCUT2D eigenvalue weighted by Crippen LogP contribution is -1.82. The molecule has 0 saturated heterocycles. The first-order valence-corrected chi connectivity index (χ1v) is 4.39. The van der Waals surface area contributed by atoms with Gasteiger partial charge in [-0.15, -0.1) is 0 Å². The number of methoxy groups -OCH3 is 1. The summed E-state index contributed by atoms with van der Waals surface area (Å²) in [4.78, 5) is 0. The van der Waals surface area contributed by atoms with Crippen LogP contribution in [0.15, 0.2) is 36.2 Å². The van der Waals surface area contributed by atoms with E-state index in [0.29, 0.717) is 5.56 Å². The Balaban J connectivity index is 2.76. The lowest BCUT2D eigenvalue weighted by atomic mass is 10.2. The Hall–Kier alpha value is -1.79. The van der Waals surface area contributed by atoms with Gasteiger partial charge in [0.25, 0.3) is 0 Å². The van der Waals surface area contributed by atoms with Crippen LogP contribution < -0.4 is 4.74 Å². The van der Waals surface area contributed by atoms with Crippen LogP contribution in [0, 0.1) is 11.8 Å². The van der Waals surface area contributed by atoms with E-state index >= 15 is 0 Å². The van der Waals surface area contributed by atoms with E-state index in [9.17, 15) is 4.39 Å². The highest BCUT2D eigenvalue weighted by Gasteiger charge is 1.90. The SMILES string of the molecule is COc1ccc(C#C/C(F)=C/CO)cc1. The fourth-order valence-electron chi connectivity index (χ4n) is 0.937. The molecule has 1 aromatic rings. The lowest BCUT2D eigenvalue weighted by molar-refractivity contribution is 0.340. The van der Waals surface area contributed by atoms with Crippen LogP contribution in [-0.2, 0) is 0 Å². The van der Waals surface area contributed by atoms with Crippen LogP contribution in [-0.4, -0.2) is 18.8 Å². The fraction of sp³-hybridized carbons (Fsp3) is 0.167. The maximum atomic E-state index is 12.7. The molecule has 0 aliphatic carbocycles. The Morgan fingerprint density at radius 3 is 2.67 bits per heavy atom. The third kappa shape index (κ3) is 3.84. The lowest BCUT2D eigenvalue weighted by Gasteiger charge is -1.97. The molecule has 2 nitrogen and oxygen atoms in total. The van der Waals surface area contributed by atoms with Crippen molar-refractivity contribution in [1.29, 1.82) is 0 Å². The molecule has 0 amide bonds. The predicted octanol–water partition coefficient (Wildman–Crippen LogP) is 1.89. The van der Waals surface area contributed by atoms with E-state index < -0.39 is 5.83 Å². The van der Waals surface area contributed by atoms with Crippen molar-refractivity contribution in [2.75, 3.05) is 13.7 Å². The summed E-state index contributed by atoms with van der Waals surface area (Å²) in [6.45, 7) is -0.344. The summed E-state index contributed by atoms with van der Waals surface area (Å²) >= 11 is 0. The molecule has 0 saturated carbocycles. The number of hydrogen-bond donors (Lipinski definition) is 1. The summed E-state index contributed by atoms with van der Waals surface area (Å²) < 4.78 is 17.7. The smallest absolute Gasteiger partial charge is 0.171 e. The zero-order chi connectivity index (χ0) is 11.1. The molecule has 1 N–H and O–H groups in total. The molecule has 0 fully saturated rings. The van der Waals surface area contributed by atoms with Gasteiger partial charge in [-0.2, -0.15) is 4.39 Å². The number of rotatable bonds is 2. The molecule has 1 aromatic carbocycles. The minimum Gasteiger partial charge on any atom is -0.497 e. The molecule has 0 bridgehead atoms. The van der Waals surface area contributed by atoms with Crippen LogP contribution in [0.25, 0.3) is 0 Å². The van der Waals surface area contributed by atoms with Gasteiger partial charge in [-0.25, -0.2) is 0 Å². The van der Waals surface area contributed by atoms with Crippen LogP contribution in [0.4, 0.5) is 4.39 Å². The molecule has 0 spiro atoms. The van der Waals surface area contributed by atoms with Gasteiger partial charge < -0.3 is 9.84 Å². The number of ether oxygens (including phenoxy) is 1. The summed E-state index contributed by atoms with van der Waals surface area (Å²) in [5.41, 5.74) is 0.692. The highest BCUT2D eigenvalue weighted by molar-refractivity contribution is 5.41. The van der Waals surface area contributed by atoms with Gasteiger partial charge in [-0.3, -0.25) is 0 Å². The number of allylic oxidation sites excluding steroid dienone is 1. The third-order valence-corrected chi connectivity index (χ3v) is 1.69. The molecule has 1 rings (SSSR count). The van der Waals surface area contributed by atoms with Crippen LogP contribution in [0.5, 0.6) is 5.75 Å². The molecule has 0 atom stereocenters. The summed E-state index contributed by atoms with van der Waals surface area (Å²) in [5.74, 6) is 5.00. The Morgan fingerprint density at radius 2 is 2.13 bits per heavy atom. The number of aliphatic hydroxyl groups is 1. The zero-order valence-corrected chi connectivity index (χ0v) is 8.33. The predicted molar refractivity (Wildman–Crippen MR) is 56.1 cm³/mol. The Labute approximate surface area is 88.0 Å². The number of hydrogen-bond acceptors (Lipinski definition) is 2. The van der Waals surface area contributed by atoms with Crippen molar-refractivity contribution in [2.24, 2.45) is 0 Å². The average Bonchev–Trinajstić information content (AvgIpc) is 2.27. The van der Waals surface area contributed by atoms with Gasteiger partial charge >= 0.3 is 0 Å². The van der Waals surface area contributed by atoms with Gasteiger partial charge in [-0.1, -0.05) is 5.92 Å². The van der Waals surface area contributed by atoms with Crippen LogP contribution >= 0.6 is 0 Å². The minimum absolute atomic E-state index is 0.344. The van der Waals surface area contributed by atoms with Gasteiger partial charge in [0.15, 0.2) is 5.83 Å². The summed E-state index contributed by atoms with van der Waals surface area (Å²) in [6.07, 6.45) is 1.01. The van der Waals surface area contributed by atoms with E-state index in [1.165, 1.54) is 0 Å². The molecule has 0 aliphatic rings. The van der Waals surface area contributed by atoms with E-state index in [1.807, 2.05) is 0 Å². The zero-order valence-electron chi connectivity index (χ0n) is 8.33. The molecular formula is C12H11FO2. The van der Waals surface area contributed by atoms with E-state index in [1.54, 1.807) is 31.4 Å². The van der Waals surface area contributed by atoms with E-state index in [0.717, 1.165) is 11.8 Å². The van der Waals surface area contributed by atoms with Crippen molar-refractivity contribution < 1.29 is 14.2 Å². The van der Waals surface area contributed by atoms with E-state index in [2.05, 4.69) is 11.8 Å². The Bertz CT molecular complexity index is 396. The second-order valence-electron chi connectivity index (χ2n) is 2.71. The minimum atomic E-state index is -0.631. The first-order valence-electron chi connectivity index (χ1n) is 4.39. The van der Waals surface area contributed by atoms with Crippen molar-refractivity contribution in [3.05, 3.63) is 41.7 Å². The summed E-state index contributed by atoms with van der Waals surface area (Å²) in [6, 6.07) is 6.96. The molecule has 3 heteroatoms. The van der Waals surface area contributed by atoms with Gasteiger partial charge in [0, 0.05) is 5.56 Å². The summed E-state index contributed by atoms with van der Waals surface area (Å²) in [5, 5.41) is 8.40. The van der Waals surface area contributed by atoms with E-state index in [4.69, 9.17) is 9.84 Å². The quantitative estimate of drug-likeness (QED) is 0.749. The molecular weight excluding hydrogens is 195 g/mol. The van der Waals surface area contributed by atoms with Crippen LogP contribution in [0.1, 0.15) is 5.56 Å². The largest absolute Gasteiger partial charge is 0.497 e. The number of halogens is 1. The van der Waals surface area contributed by atoms with Crippen molar-refractivity contribution in [3.63, 3.8) is 0 Å². The second kappa shape index (κ2) is 5.84. The highest BCUT2D eigenvalue weighted by atomic mass is 19.1. The van der Waals surface area contributed by atoms with Crippen molar-refractivity contribution >= 4 is 0 Å². The topological polar surface area (TPSA) is 29.5 Å². The van der Waals surface area contributed by atoms with Crippen molar-refractivity contribution in [2.45, 2.75) is 0 Å². The fourth-order valence-corrected chi connectivity index (χ4v) is 0.937. The normalized spacial score (nSPS) is 10.5. The molecule has 0 aliphatic heterocycles. The first-order chi connectivity index (χ1) is 7.26. The molecule has 78 valence electrons. The Morgan fingerprint density at radius 1 is 1.47 bits per heavy atom. The van der Waals surface area contributed by atoms with Crippen LogP contribution in [0.3, 0.4) is 0 Å². The average molecular weight is 206 g/mol. The molecule has 0 unspecified atom stereocenters. The molecule has 0 heterocycles. The van der Waals surface area contributed by atoms with Crippen molar-refractivity contribution in [1.82, 2.24) is 0 Å². The van der Waals surface area contributed by atoms with Gasteiger partial charge in [0.2, 0.25) is 0 Å². The maximum Gasteiger partial charge on any atom is 0.171 e. The van der Waals surface area contributed by atoms with E-state index in [-0.39, 0.29) is 6.61 Å². The number of aliphatic hydroxyl groups excluding tert-OH is 1. The van der Waals surface area contributed by atoms with Crippen molar-refractivity contribution in [3.8, 4) is 17.6 Å². The van der Waals surface area contributed by atoms with Gasteiger partial charge in [0.05, 0.1) is 13.7 Å². The molecule has 0 aromatic heterocycles.